The molecular formula is C13H26N2O2. The fourth-order valence-electron chi connectivity index (χ4n) is 2.69. The first-order chi connectivity index (χ1) is 7.83. The van der Waals surface area contributed by atoms with Gasteiger partial charge in [-0.3, -0.25) is 10.1 Å². The first-order valence-corrected chi connectivity index (χ1v) is 6.57. The van der Waals surface area contributed by atoms with Crippen LogP contribution in [0.15, 0.2) is 0 Å². The van der Waals surface area contributed by atoms with Gasteiger partial charge in [-0.1, -0.05) is 6.92 Å². The number of likely N-dealkylation sites (tertiary alicyclic amines) is 1. The summed E-state index contributed by atoms with van der Waals surface area (Å²) >= 11 is 0. The Hall–Kier alpha value is -0.610. The van der Waals surface area contributed by atoms with Crippen molar-refractivity contribution in [2.45, 2.75) is 52.1 Å². The molecule has 0 saturated carbocycles. The Balaban J connectivity index is 2.62. The number of hydrogen-bond acceptors (Lipinski definition) is 3. The molecule has 4 nitrogen and oxygen atoms in total. The molecule has 1 aliphatic rings. The van der Waals surface area contributed by atoms with Gasteiger partial charge in [0.2, 0.25) is 0 Å². The smallest absolute Gasteiger partial charge is 0.324 e. The van der Waals surface area contributed by atoms with Crippen LogP contribution in [-0.2, 0) is 4.79 Å². The monoisotopic (exact) mass is 242 g/mol. The highest BCUT2D eigenvalue weighted by atomic mass is 16.4. The van der Waals surface area contributed by atoms with Crippen molar-refractivity contribution < 1.29 is 9.90 Å². The Bertz CT molecular complexity index is 268. The molecule has 0 radical (unpaired) electrons. The minimum atomic E-state index is -0.842. The zero-order valence-electron chi connectivity index (χ0n) is 11.5. The van der Waals surface area contributed by atoms with Gasteiger partial charge in [-0.15, -0.1) is 0 Å². The summed E-state index contributed by atoms with van der Waals surface area (Å²) in [5, 5.41) is 12.6. The van der Waals surface area contributed by atoms with Gasteiger partial charge in [-0.25, -0.2) is 0 Å². The predicted molar refractivity (Wildman–Crippen MR) is 69.2 cm³/mol. The van der Waals surface area contributed by atoms with Gasteiger partial charge >= 0.3 is 5.97 Å². The molecular weight excluding hydrogens is 216 g/mol. The van der Waals surface area contributed by atoms with Crippen molar-refractivity contribution in [1.29, 1.82) is 0 Å². The highest BCUT2D eigenvalue weighted by Gasteiger charge is 2.36. The normalized spacial score (nSPS) is 25.8. The number of rotatable bonds is 5. The largest absolute Gasteiger partial charge is 0.480 e. The maximum Gasteiger partial charge on any atom is 0.324 e. The molecule has 0 aromatic rings. The third-order valence-electron chi connectivity index (χ3n) is 3.36. The van der Waals surface area contributed by atoms with Crippen LogP contribution >= 0.6 is 0 Å². The highest BCUT2D eigenvalue weighted by molar-refractivity contribution is 5.78. The summed E-state index contributed by atoms with van der Waals surface area (Å²) in [5.41, 5.74) is -0.842. The molecule has 4 heteroatoms. The van der Waals surface area contributed by atoms with Gasteiger partial charge in [-0.2, -0.15) is 0 Å². The third kappa shape index (κ3) is 4.28. The van der Waals surface area contributed by atoms with Crippen LogP contribution in [-0.4, -0.2) is 47.2 Å². The lowest BCUT2D eigenvalue weighted by Gasteiger charge is -2.38. The number of hydrogen-bond donors (Lipinski definition) is 2. The lowest BCUT2D eigenvalue weighted by Crippen LogP contribution is -2.59. The topological polar surface area (TPSA) is 52.6 Å². The van der Waals surface area contributed by atoms with Crippen molar-refractivity contribution in [2.24, 2.45) is 5.92 Å². The second kappa shape index (κ2) is 5.83. The third-order valence-corrected chi connectivity index (χ3v) is 3.36. The van der Waals surface area contributed by atoms with Crippen LogP contribution in [0, 0.1) is 5.92 Å². The molecule has 0 aliphatic carbocycles. The summed E-state index contributed by atoms with van der Waals surface area (Å²) in [6.45, 7) is 10.6. The van der Waals surface area contributed by atoms with Crippen LogP contribution in [0.4, 0.5) is 0 Å². The van der Waals surface area contributed by atoms with Gasteiger partial charge in [0, 0.05) is 19.1 Å². The molecule has 0 aromatic carbocycles. The molecule has 2 unspecified atom stereocenters. The van der Waals surface area contributed by atoms with Crippen LogP contribution in [0.3, 0.4) is 0 Å². The summed E-state index contributed by atoms with van der Waals surface area (Å²) in [4.78, 5) is 13.7. The van der Waals surface area contributed by atoms with Crippen molar-refractivity contribution in [3.05, 3.63) is 0 Å². The lowest BCUT2D eigenvalue weighted by atomic mass is 9.95. The molecule has 0 amide bonds. The minimum absolute atomic E-state index is 0.179. The Morgan fingerprint density at radius 2 is 2.24 bits per heavy atom. The number of carboxylic acid groups (broad SMARTS) is 1. The van der Waals surface area contributed by atoms with Crippen molar-refractivity contribution >= 4 is 5.97 Å². The Morgan fingerprint density at radius 1 is 1.59 bits per heavy atom. The van der Waals surface area contributed by atoms with E-state index in [0.717, 1.165) is 13.1 Å². The summed E-state index contributed by atoms with van der Waals surface area (Å²) in [7, 11) is 0. The van der Waals surface area contributed by atoms with Crippen LogP contribution in [0.25, 0.3) is 0 Å². The van der Waals surface area contributed by atoms with E-state index in [1.165, 1.54) is 12.8 Å². The molecule has 0 bridgehead atoms. The van der Waals surface area contributed by atoms with Crippen molar-refractivity contribution in [3.8, 4) is 0 Å². The van der Waals surface area contributed by atoms with E-state index in [1.807, 2.05) is 13.8 Å². The quantitative estimate of drug-likeness (QED) is 0.768. The Morgan fingerprint density at radius 3 is 2.71 bits per heavy atom. The van der Waals surface area contributed by atoms with Crippen LogP contribution in [0.1, 0.15) is 40.5 Å². The molecule has 0 aromatic heterocycles. The standard InChI is InChI=1S/C13H26N2O2/c1-10(2)14-13(4,12(16)17)9-15-7-5-6-11(3)8-15/h10-11,14H,5-9H2,1-4H3,(H,16,17). The maximum atomic E-state index is 11.4. The van der Waals surface area contributed by atoms with Gasteiger partial charge in [0.15, 0.2) is 0 Å². The van der Waals surface area contributed by atoms with Gasteiger partial charge in [0.25, 0.3) is 0 Å². The van der Waals surface area contributed by atoms with Gasteiger partial charge < -0.3 is 10.0 Å². The molecule has 2 N–H and O–H groups in total. The summed E-state index contributed by atoms with van der Waals surface area (Å²) in [5.74, 6) is -0.0785. The molecule has 100 valence electrons. The highest BCUT2D eigenvalue weighted by Crippen LogP contribution is 2.18. The van der Waals surface area contributed by atoms with Crippen molar-refractivity contribution in [2.75, 3.05) is 19.6 Å². The number of piperidine rings is 1. The zero-order chi connectivity index (χ0) is 13.1. The van der Waals surface area contributed by atoms with E-state index in [4.69, 9.17) is 0 Å². The number of aliphatic carboxylic acids is 1. The first-order valence-electron chi connectivity index (χ1n) is 6.57. The molecule has 2 atom stereocenters. The number of carbonyl (C=O) groups is 1. The molecule has 0 spiro atoms. The first kappa shape index (κ1) is 14.5. The fourth-order valence-corrected chi connectivity index (χ4v) is 2.69. The van der Waals surface area contributed by atoms with E-state index in [-0.39, 0.29) is 6.04 Å². The number of carboxylic acids is 1. The fraction of sp³-hybridized carbons (Fsp3) is 0.923. The average Bonchev–Trinajstić information content (AvgIpc) is 2.15. The molecule has 1 fully saturated rings. The molecule has 17 heavy (non-hydrogen) atoms. The van der Waals surface area contributed by atoms with Crippen LogP contribution in [0.5, 0.6) is 0 Å². The van der Waals surface area contributed by atoms with E-state index >= 15 is 0 Å². The average molecular weight is 242 g/mol. The van der Waals surface area contributed by atoms with Gasteiger partial charge in [0.1, 0.15) is 5.54 Å². The Labute approximate surface area is 104 Å². The molecule has 1 aliphatic heterocycles. The number of nitrogens with zero attached hydrogens (tertiary/aromatic N) is 1. The molecule has 1 heterocycles. The van der Waals surface area contributed by atoms with Crippen molar-refractivity contribution in [3.63, 3.8) is 0 Å². The van der Waals surface area contributed by atoms with E-state index in [1.54, 1.807) is 6.92 Å². The maximum absolute atomic E-state index is 11.4. The van der Waals surface area contributed by atoms with Crippen LogP contribution < -0.4 is 5.32 Å². The lowest BCUT2D eigenvalue weighted by molar-refractivity contribution is -0.145. The van der Waals surface area contributed by atoms with E-state index in [9.17, 15) is 9.90 Å². The second-order valence-corrected chi connectivity index (χ2v) is 5.92. The summed E-state index contributed by atoms with van der Waals surface area (Å²) < 4.78 is 0. The van der Waals surface area contributed by atoms with E-state index < -0.39 is 11.5 Å². The predicted octanol–water partition coefficient (Wildman–Crippen LogP) is 1.56. The SMILES string of the molecule is CC1CCCN(CC(C)(NC(C)C)C(=O)O)C1. The summed E-state index contributed by atoms with van der Waals surface area (Å²) in [6.07, 6.45) is 2.44. The van der Waals surface area contributed by atoms with Gasteiger partial charge in [0.05, 0.1) is 0 Å². The van der Waals surface area contributed by atoms with Gasteiger partial charge in [-0.05, 0) is 46.1 Å². The Kier molecular flexibility index (Phi) is 4.95. The summed E-state index contributed by atoms with van der Waals surface area (Å²) in [6, 6.07) is 0.179. The molecule has 1 saturated heterocycles. The zero-order valence-corrected chi connectivity index (χ0v) is 11.5. The second-order valence-electron chi connectivity index (χ2n) is 5.92. The number of nitrogens with one attached hydrogen (secondary N) is 1. The van der Waals surface area contributed by atoms with E-state index in [0.29, 0.717) is 12.5 Å². The molecule has 1 rings (SSSR count). The van der Waals surface area contributed by atoms with Crippen LogP contribution in [0.2, 0.25) is 0 Å². The minimum Gasteiger partial charge on any atom is -0.480 e. The van der Waals surface area contributed by atoms with Crippen molar-refractivity contribution in [1.82, 2.24) is 10.2 Å². The van der Waals surface area contributed by atoms with E-state index in [2.05, 4.69) is 17.1 Å².